The van der Waals surface area contributed by atoms with E-state index in [-0.39, 0.29) is 5.60 Å². The summed E-state index contributed by atoms with van der Waals surface area (Å²) in [5.74, 6) is 0.683. The van der Waals surface area contributed by atoms with Crippen LogP contribution in [0.25, 0.3) is 0 Å². The van der Waals surface area contributed by atoms with E-state index in [1.54, 1.807) is 0 Å². The van der Waals surface area contributed by atoms with Gasteiger partial charge in [0.1, 0.15) is 0 Å². The SMILES string of the molecule is CCCC(C)C(NC)C1(OCC)CCC(C)(C)CC1. The van der Waals surface area contributed by atoms with Gasteiger partial charge in [0, 0.05) is 12.6 Å². The minimum absolute atomic E-state index is 0.0631. The van der Waals surface area contributed by atoms with Gasteiger partial charge in [-0.2, -0.15) is 0 Å². The molecule has 114 valence electrons. The smallest absolute Gasteiger partial charge is 0.0837 e. The second kappa shape index (κ2) is 7.08. The molecule has 0 spiro atoms. The summed E-state index contributed by atoms with van der Waals surface area (Å²) < 4.78 is 6.32. The molecule has 0 bridgehead atoms. The van der Waals surface area contributed by atoms with Crippen LogP contribution in [0.1, 0.15) is 73.1 Å². The van der Waals surface area contributed by atoms with Gasteiger partial charge in [-0.3, -0.25) is 0 Å². The molecule has 0 saturated heterocycles. The standard InChI is InChI=1S/C17H35NO/c1-7-9-14(3)15(18-6)17(19-8-2)12-10-16(4,5)11-13-17/h14-15,18H,7-13H2,1-6H3. The maximum absolute atomic E-state index is 6.32. The molecule has 1 rings (SSSR count). The van der Waals surface area contributed by atoms with E-state index in [1.165, 1.54) is 38.5 Å². The van der Waals surface area contributed by atoms with Crippen LogP contribution in [0.3, 0.4) is 0 Å². The highest BCUT2D eigenvalue weighted by molar-refractivity contribution is 5.00. The molecule has 1 saturated carbocycles. The van der Waals surface area contributed by atoms with Gasteiger partial charge >= 0.3 is 0 Å². The van der Waals surface area contributed by atoms with Gasteiger partial charge in [0.25, 0.3) is 0 Å². The number of hydrogen-bond acceptors (Lipinski definition) is 2. The zero-order chi connectivity index (χ0) is 14.5. The summed E-state index contributed by atoms with van der Waals surface area (Å²) >= 11 is 0. The van der Waals surface area contributed by atoms with Crippen molar-refractivity contribution in [1.29, 1.82) is 0 Å². The summed E-state index contributed by atoms with van der Waals surface area (Å²) in [4.78, 5) is 0. The molecule has 0 heterocycles. The van der Waals surface area contributed by atoms with Gasteiger partial charge in [-0.1, -0.05) is 34.1 Å². The molecule has 1 fully saturated rings. The molecule has 2 nitrogen and oxygen atoms in total. The molecule has 0 amide bonds. The lowest BCUT2D eigenvalue weighted by atomic mass is 9.66. The fraction of sp³-hybridized carbons (Fsp3) is 1.00. The molecule has 0 aromatic heterocycles. The molecule has 0 aromatic carbocycles. The Morgan fingerprint density at radius 3 is 2.11 bits per heavy atom. The fourth-order valence-corrected chi connectivity index (χ4v) is 3.87. The van der Waals surface area contributed by atoms with E-state index >= 15 is 0 Å². The average molecular weight is 269 g/mol. The maximum Gasteiger partial charge on any atom is 0.0837 e. The fourth-order valence-electron chi connectivity index (χ4n) is 3.87. The van der Waals surface area contributed by atoms with E-state index < -0.39 is 0 Å². The Morgan fingerprint density at radius 2 is 1.68 bits per heavy atom. The van der Waals surface area contributed by atoms with Crippen LogP contribution in [0.2, 0.25) is 0 Å². The van der Waals surface area contributed by atoms with Crippen molar-refractivity contribution in [3.05, 3.63) is 0 Å². The highest BCUT2D eigenvalue weighted by atomic mass is 16.5. The molecule has 0 aliphatic heterocycles. The van der Waals surface area contributed by atoms with Crippen LogP contribution in [0, 0.1) is 11.3 Å². The van der Waals surface area contributed by atoms with Crippen LogP contribution in [-0.4, -0.2) is 25.3 Å². The highest BCUT2D eigenvalue weighted by Gasteiger charge is 2.45. The molecule has 19 heavy (non-hydrogen) atoms. The summed E-state index contributed by atoms with van der Waals surface area (Å²) in [6.07, 6.45) is 7.51. The Morgan fingerprint density at radius 1 is 1.11 bits per heavy atom. The van der Waals surface area contributed by atoms with Gasteiger partial charge in [-0.25, -0.2) is 0 Å². The summed E-state index contributed by atoms with van der Waals surface area (Å²) in [6.45, 7) is 12.4. The van der Waals surface area contributed by atoms with E-state index in [2.05, 4.69) is 47.0 Å². The van der Waals surface area contributed by atoms with Crippen molar-refractivity contribution in [2.24, 2.45) is 11.3 Å². The van der Waals surface area contributed by atoms with E-state index in [0.717, 1.165) is 6.61 Å². The lowest BCUT2D eigenvalue weighted by Gasteiger charge is -2.49. The van der Waals surface area contributed by atoms with Crippen LogP contribution in [0.4, 0.5) is 0 Å². The second-order valence-electron chi connectivity index (χ2n) is 7.19. The Balaban J connectivity index is 2.85. The minimum Gasteiger partial charge on any atom is -0.374 e. The average Bonchev–Trinajstić information content (AvgIpc) is 2.34. The Hall–Kier alpha value is -0.0800. The number of hydrogen-bond donors (Lipinski definition) is 1. The zero-order valence-electron chi connectivity index (χ0n) is 14.0. The first-order valence-corrected chi connectivity index (χ1v) is 8.22. The monoisotopic (exact) mass is 269 g/mol. The van der Waals surface area contributed by atoms with Crippen LogP contribution in [0.5, 0.6) is 0 Å². The molecular formula is C17H35NO. The first-order valence-electron chi connectivity index (χ1n) is 8.22. The second-order valence-corrected chi connectivity index (χ2v) is 7.19. The third-order valence-electron chi connectivity index (χ3n) is 5.07. The third kappa shape index (κ3) is 4.19. The molecule has 2 atom stereocenters. The Labute approximate surface area is 120 Å². The predicted molar refractivity (Wildman–Crippen MR) is 83.5 cm³/mol. The van der Waals surface area contributed by atoms with Crippen LogP contribution in [0.15, 0.2) is 0 Å². The van der Waals surface area contributed by atoms with Gasteiger partial charge in [0.15, 0.2) is 0 Å². The Bertz CT molecular complexity index is 252. The van der Waals surface area contributed by atoms with Crippen molar-refractivity contribution >= 4 is 0 Å². The van der Waals surface area contributed by atoms with Crippen molar-refractivity contribution in [2.75, 3.05) is 13.7 Å². The highest BCUT2D eigenvalue weighted by Crippen LogP contribution is 2.45. The molecule has 2 heteroatoms. The van der Waals surface area contributed by atoms with Crippen LogP contribution < -0.4 is 5.32 Å². The lowest BCUT2D eigenvalue weighted by Crippen LogP contribution is -2.57. The van der Waals surface area contributed by atoms with Crippen molar-refractivity contribution in [3.63, 3.8) is 0 Å². The predicted octanol–water partition coefficient (Wildman–Crippen LogP) is 4.39. The topological polar surface area (TPSA) is 21.3 Å². The summed E-state index contributed by atoms with van der Waals surface area (Å²) in [5.41, 5.74) is 0.556. The molecule has 1 N–H and O–H groups in total. The Kier molecular flexibility index (Phi) is 6.32. The van der Waals surface area contributed by atoms with Crippen molar-refractivity contribution in [3.8, 4) is 0 Å². The quantitative estimate of drug-likeness (QED) is 0.740. The molecule has 0 aromatic rings. The first-order chi connectivity index (χ1) is 8.90. The van der Waals surface area contributed by atoms with E-state index in [1.807, 2.05) is 0 Å². The largest absolute Gasteiger partial charge is 0.374 e. The van der Waals surface area contributed by atoms with Gasteiger partial charge < -0.3 is 10.1 Å². The minimum atomic E-state index is 0.0631. The van der Waals surface area contributed by atoms with Gasteiger partial charge in [-0.05, 0) is 57.4 Å². The van der Waals surface area contributed by atoms with Crippen LogP contribution in [-0.2, 0) is 4.74 Å². The van der Waals surface area contributed by atoms with Crippen molar-refractivity contribution in [1.82, 2.24) is 5.32 Å². The molecule has 1 aliphatic rings. The van der Waals surface area contributed by atoms with Crippen molar-refractivity contribution < 1.29 is 4.74 Å². The first kappa shape index (κ1) is 17.0. The normalized spacial score (nSPS) is 24.9. The summed E-state index contributed by atoms with van der Waals surface area (Å²) in [7, 11) is 2.11. The molecule has 2 unspecified atom stereocenters. The van der Waals surface area contributed by atoms with Crippen molar-refractivity contribution in [2.45, 2.75) is 84.8 Å². The third-order valence-corrected chi connectivity index (χ3v) is 5.07. The molecule has 0 radical (unpaired) electrons. The van der Waals surface area contributed by atoms with E-state index in [0.29, 0.717) is 17.4 Å². The lowest BCUT2D eigenvalue weighted by molar-refractivity contribution is -0.115. The van der Waals surface area contributed by atoms with E-state index in [4.69, 9.17) is 4.74 Å². The maximum atomic E-state index is 6.32. The number of nitrogens with one attached hydrogen (secondary N) is 1. The van der Waals surface area contributed by atoms with E-state index in [9.17, 15) is 0 Å². The van der Waals surface area contributed by atoms with Gasteiger partial charge in [0.05, 0.1) is 5.60 Å². The number of rotatable bonds is 7. The van der Waals surface area contributed by atoms with Crippen LogP contribution >= 0.6 is 0 Å². The van der Waals surface area contributed by atoms with Gasteiger partial charge in [0.2, 0.25) is 0 Å². The molecular weight excluding hydrogens is 234 g/mol. The number of ether oxygens (including phenoxy) is 1. The summed E-state index contributed by atoms with van der Waals surface area (Å²) in [5, 5.41) is 3.58. The summed E-state index contributed by atoms with van der Waals surface area (Å²) in [6, 6.07) is 0.489. The zero-order valence-corrected chi connectivity index (χ0v) is 14.0. The number of likely N-dealkylation sites (N-methyl/N-ethyl adjacent to an activating group) is 1. The molecule has 1 aliphatic carbocycles. The van der Waals surface area contributed by atoms with Gasteiger partial charge in [-0.15, -0.1) is 0 Å².